The highest BCUT2D eigenvalue weighted by Crippen LogP contribution is 2.26. The first-order chi connectivity index (χ1) is 11.5. The van der Waals surface area contributed by atoms with E-state index in [-0.39, 0.29) is 18.8 Å². The van der Waals surface area contributed by atoms with Gasteiger partial charge in [-0.1, -0.05) is 0 Å². The number of aromatic nitrogens is 1. The molecule has 1 amide bonds. The molecule has 0 radical (unpaired) electrons. The Kier molecular flexibility index (Phi) is 6.28. The summed E-state index contributed by atoms with van der Waals surface area (Å²) in [4.78, 5) is 28.9. The van der Waals surface area contributed by atoms with Crippen molar-refractivity contribution in [2.75, 3.05) is 33.9 Å². The number of thiazole rings is 1. The molecular weight excluding hydrogens is 332 g/mol. The van der Waals surface area contributed by atoms with Crippen LogP contribution in [0, 0.1) is 0 Å². The van der Waals surface area contributed by atoms with E-state index in [1.165, 1.54) is 23.3 Å². The van der Waals surface area contributed by atoms with Gasteiger partial charge < -0.3 is 19.5 Å². The van der Waals surface area contributed by atoms with Crippen LogP contribution >= 0.6 is 11.3 Å². The molecule has 0 atom stereocenters. The Morgan fingerprint density at radius 1 is 1.25 bits per heavy atom. The van der Waals surface area contributed by atoms with E-state index in [1.54, 1.807) is 12.5 Å². The molecule has 1 N–H and O–H groups in total. The Hall–Kier alpha value is -2.45. The fourth-order valence-corrected chi connectivity index (χ4v) is 2.82. The average Bonchev–Trinajstić information content (AvgIpc) is 3.07. The van der Waals surface area contributed by atoms with Crippen molar-refractivity contribution >= 4 is 23.2 Å². The highest BCUT2D eigenvalue weighted by atomic mass is 32.1. The number of rotatable bonds is 8. The molecule has 2 aromatic rings. The Balaban J connectivity index is 2.17. The van der Waals surface area contributed by atoms with Crippen molar-refractivity contribution in [3.05, 3.63) is 35.3 Å². The first-order valence-electron chi connectivity index (χ1n) is 7.15. The number of methoxy groups -OCH3 is 2. The number of carbonyl (C=O) groups is 2. The highest BCUT2D eigenvalue weighted by molar-refractivity contribution is 7.13. The van der Waals surface area contributed by atoms with Gasteiger partial charge >= 0.3 is 5.97 Å². The first-order valence-corrected chi connectivity index (χ1v) is 8.03. The lowest BCUT2D eigenvalue weighted by Gasteiger charge is -2.18. The lowest BCUT2D eigenvalue weighted by atomic mass is 10.2. The van der Waals surface area contributed by atoms with Gasteiger partial charge in [0.05, 0.1) is 13.7 Å². The van der Waals surface area contributed by atoms with Gasteiger partial charge in [0.1, 0.15) is 23.0 Å². The van der Waals surface area contributed by atoms with Gasteiger partial charge in [-0.25, -0.2) is 4.98 Å². The van der Waals surface area contributed by atoms with Crippen LogP contribution in [0.25, 0.3) is 10.6 Å². The lowest BCUT2D eigenvalue weighted by Crippen LogP contribution is -2.38. The molecule has 1 aromatic heterocycles. The van der Waals surface area contributed by atoms with E-state index < -0.39 is 18.4 Å². The van der Waals surface area contributed by atoms with Crippen molar-refractivity contribution < 1.29 is 24.2 Å². The Morgan fingerprint density at radius 2 is 1.96 bits per heavy atom. The largest absolute Gasteiger partial charge is 0.497 e. The summed E-state index contributed by atoms with van der Waals surface area (Å²) in [6.07, 6.45) is 0. The standard InChI is InChI=1S/C16H18N2O5S/c1-22-8-7-18(9-14(19)20)16(21)13-10-24-15(17-13)11-3-5-12(23-2)6-4-11/h3-6,10H,7-9H2,1-2H3,(H,19,20). The number of benzene rings is 1. The zero-order chi connectivity index (χ0) is 17.5. The van der Waals surface area contributed by atoms with Crippen LogP contribution in [0.4, 0.5) is 0 Å². The van der Waals surface area contributed by atoms with E-state index in [1.807, 2.05) is 24.3 Å². The van der Waals surface area contributed by atoms with Gasteiger partial charge in [0.2, 0.25) is 0 Å². The molecule has 128 valence electrons. The molecule has 0 fully saturated rings. The summed E-state index contributed by atoms with van der Waals surface area (Å²) in [5.41, 5.74) is 1.09. The minimum Gasteiger partial charge on any atom is -0.497 e. The van der Waals surface area contributed by atoms with Crippen molar-refractivity contribution in [3.8, 4) is 16.3 Å². The monoisotopic (exact) mass is 350 g/mol. The third kappa shape index (κ3) is 4.53. The van der Waals surface area contributed by atoms with Gasteiger partial charge in [-0.05, 0) is 24.3 Å². The third-order valence-corrected chi connectivity index (χ3v) is 4.13. The summed E-state index contributed by atoms with van der Waals surface area (Å²) in [6, 6.07) is 7.33. The second kappa shape index (κ2) is 8.42. The summed E-state index contributed by atoms with van der Waals surface area (Å²) in [5, 5.41) is 11.3. The second-order valence-electron chi connectivity index (χ2n) is 4.88. The van der Waals surface area contributed by atoms with Crippen molar-refractivity contribution in [1.82, 2.24) is 9.88 Å². The molecule has 0 aliphatic rings. The predicted octanol–water partition coefficient (Wildman–Crippen LogP) is 1.99. The minimum atomic E-state index is -1.08. The molecule has 7 nitrogen and oxygen atoms in total. The van der Waals surface area contributed by atoms with E-state index in [4.69, 9.17) is 14.6 Å². The molecule has 1 heterocycles. The Labute approximate surface area is 143 Å². The van der Waals surface area contributed by atoms with Crippen LogP contribution in [-0.4, -0.2) is 60.8 Å². The third-order valence-electron chi connectivity index (χ3n) is 3.24. The number of amides is 1. The van der Waals surface area contributed by atoms with Crippen LogP contribution in [-0.2, 0) is 9.53 Å². The predicted molar refractivity (Wildman–Crippen MR) is 89.5 cm³/mol. The van der Waals surface area contributed by atoms with Crippen molar-refractivity contribution in [2.45, 2.75) is 0 Å². The van der Waals surface area contributed by atoms with Gasteiger partial charge in [0, 0.05) is 24.6 Å². The maximum Gasteiger partial charge on any atom is 0.323 e. The van der Waals surface area contributed by atoms with E-state index in [9.17, 15) is 9.59 Å². The van der Waals surface area contributed by atoms with Crippen LogP contribution in [0.1, 0.15) is 10.5 Å². The maximum atomic E-state index is 12.5. The van der Waals surface area contributed by atoms with E-state index >= 15 is 0 Å². The van der Waals surface area contributed by atoms with Crippen molar-refractivity contribution in [3.63, 3.8) is 0 Å². The summed E-state index contributed by atoms with van der Waals surface area (Å²) in [6.45, 7) is 0.0586. The van der Waals surface area contributed by atoms with Crippen LogP contribution in [0.15, 0.2) is 29.6 Å². The van der Waals surface area contributed by atoms with Crippen LogP contribution in [0.3, 0.4) is 0 Å². The first kappa shape index (κ1) is 17.9. The normalized spacial score (nSPS) is 10.4. The minimum absolute atomic E-state index is 0.191. The maximum absolute atomic E-state index is 12.5. The van der Waals surface area contributed by atoms with Gasteiger partial charge in [0.15, 0.2) is 0 Å². The molecule has 8 heteroatoms. The number of carboxylic acids is 1. The zero-order valence-corrected chi connectivity index (χ0v) is 14.2. The molecule has 0 bridgehead atoms. The molecule has 0 saturated carbocycles. The average molecular weight is 350 g/mol. The molecule has 0 spiro atoms. The number of hydrogen-bond donors (Lipinski definition) is 1. The smallest absolute Gasteiger partial charge is 0.323 e. The Bertz CT molecular complexity index is 699. The fraction of sp³-hybridized carbons (Fsp3) is 0.312. The van der Waals surface area contributed by atoms with Crippen LogP contribution in [0.5, 0.6) is 5.75 Å². The number of nitrogens with zero attached hydrogens (tertiary/aromatic N) is 2. The summed E-state index contributed by atoms with van der Waals surface area (Å²) >= 11 is 1.33. The summed E-state index contributed by atoms with van der Waals surface area (Å²) in [5.74, 6) is -0.769. The zero-order valence-electron chi connectivity index (χ0n) is 13.4. The number of hydrogen-bond acceptors (Lipinski definition) is 6. The molecule has 0 aliphatic heterocycles. The van der Waals surface area contributed by atoms with Gasteiger partial charge in [-0.2, -0.15) is 0 Å². The molecule has 0 unspecified atom stereocenters. The SMILES string of the molecule is COCCN(CC(=O)O)C(=O)c1csc(-c2ccc(OC)cc2)n1. The molecule has 1 aromatic carbocycles. The molecule has 2 rings (SSSR count). The topological polar surface area (TPSA) is 89.0 Å². The van der Waals surface area contributed by atoms with Crippen LogP contribution in [0.2, 0.25) is 0 Å². The van der Waals surface area contributed by atoms with Gasteiger partial charge in [0.25, 0.3) is 5.91 Å². The number of ether oxygens (including phenoxy) is 2. The number of carbonyl (C=O) groups excluding carboxylic acids is 1. The molecule has 24 heavy (non-hydrogen) atoms. The number of carboxylic acid groups (broad SMARTS) is 1. The van der Waals surface area contributed by atoms with E-state index in [0.717, 1.165) is 11.3 Å². The summed E-state index contributed by atoms with van der Waals surface area (Å²) in [7, 11) is 3.08. The Morgan fingerprint density at radius 3 is 2.54 bits per heavy atom. The second-order valence-corrected chi connectivity index (χ2v) is 5.74. The molecule has 0 aliphatic carbocycles. The quantitative estimate of drug-likeness (QED) is 0.783. The van der Waals surface area contributed by atoms with E-state index in [0.29, 0.717) is 5.01 Å². The van der Waals surface area contributed by atoms with Crippen molar-refractivity contribution in [1.29, 1.82) is 0 Å². The highest BCUT2D eigenvalue weighted by Gasteiger charge is 2.21. The van der Waals surface area contributed by atoms with E-state index in [2.05, 4.69) is 4.98 Å². The van der Waals surface area contributed by atoms with Crippen molar-refractivity contribution in [2.24, 2.45) is 0 Å². The number of aliphatic carboxylic acids is 1. The van der Waals surface area contributed by atoms with Gasteiger partial charge in [-0.3, -0.25) is 9.59 Å². The lowest BCUT2D eigenvalue weighted by molar-refractivity contribution is -0.137. The molecule has 0 saturated heterocycles. The van der Waals surface area contributed by atoms with Gasteiger partial charge in [-0.15, -0.1) is 11.3 Å². The summed E-state index contributed by atoms with van der Waals surface area (Å²) < 4.78 is 10.0. The van der Waals surface area contributed by atoms with Crippen LogP contribution < -0.4 is 4.74 Å². The molecular formula is C16H18N2O5S. The fourth-order valence-electron chi connectivity index (χ4n) is 2.02.